The lowest BCUT2D eigenvalue weighted by Crippen LogP contribution is -1.81. The van der Waals surface area contributed by atoms with Crippen molar-refractivity contribution in [2.24, 2.45) is 0 Å². The molecule has 0 aromatic heterocycles. The molecule has 96 valence electrons. The standard InChI is InChI=1S/C12H25Br.C2H3N/c1-2-3-4-5-6-7-8-9-10-11-12-13;1-2-3/h2-12H2,1H3;1H3. The van der Waals surface area contributed by atoms with E-state index in [1.54, 1.807) is 6.07 Å². The van der Waals surface area contributed by atoms with E-state index >= 15 is 0 Å². The monoisotopic (exact) mass is 289 g/mol. The Bertz CT molecular complexity index is 130. The summed E-state index contributed by atoms with van der Waals surface area (Å²) in [7, 11) is 0. The van der Waals surface area contributed by atoms with Crippen LogP contribution in [0.4, 0.5) is 0 Å². The van der Waals surface area contributed by atoms with E-state index in [9.17, 15) is 0 Å². The Morgan fingerprint density at radius 3 is 1.44 bits per heavy atom. The first kappa shape index (κ1) is 18.3. The van der Waals surface area contributed by atoms with Crippen molar-refractivity contribution >= 4 is 15.9 Å². The predicted octanol–water partition coefficient (Wildman–Crippen LogP) is 5.83. The molecule has 0 N–H and O–H groups in total. The van der Waals surface area contributed by atoms with E-state index < -0.39 is 0 Å². The van der Waals surface area contributed by atoms with Crippen LogP contribution in [-0.2, 0) is 0 Å². The number of hydrogen-bond acceptors (Lipinski definition) is 1. The van der Waals surface area contributed by atoms with Gasteiger partial charge in [0.15, 0.2) is 0 Å². The molecule has 16 heavy (non-hydrogen) atoms. The fourth-order valence-corrected chi connectivity index (χ4v) is 1.98. The first-order valence-electron chi connectivity index (χ1n) is 6.70. The highest BCUT2D eigenvalue weighted by Crippen LogP contribution is 2.10. The van der Waals surface area contributed by atoms with E-state index in [0.717, 1.165) is 0 Å². The second kappa shape index (κ2) is 20.4. The maximum absolute atomic E-state index is 7.32. The van der Waals surface area contributed by atoms with Gasteiger partial charge in [-0.25, -0.2) is 0 Å². The molecular formula is C14H28BrN. The van der Waals surface area contributed by atoms with E-state index in [2.05, 4.69) is 22.9 Å². The van der Waals surface area contributed by atoms with Gasteiger partial charge >= 0.3 is 0 Å². The summed E-state index contributed by atoms with van der Waals surface area (Å²) in [5.74, 6) is 0. The fourth-order valence-electron chi connectivity index (χ4n) is 1.58. The number of alkyl halides is 1. The Balaban J connectivity index is 0. The summed E-state index contributed by atoms with van der Waals surface area (Å²) in [6, 6.07) is 1.75. The summed E-state index contributed by atoms with van der Waals surface area (Å²) >= 11 is 3.46. The van der Waals surface area contributed by atoms with Gasteiger partial charge in [0.1, 0.15) is 0 Å². The maximum Gasteiger partial charge on any atom is 0.0587 e. The van der Waals surface area contributed by atoms with Gasteiger partial charge in [-0.05, 0) is 6.42 Å². The number of unbranched alkanes of at least 4 members (excludes halogenated alkanes) is 9. The van der Waals surface area contributed by atoms with Crippen molar-refractivity contribution in [1.29, 1.82) is 5.26 Å². The highest BCUT2D eigenvalue weighted by Gasteiger charge is 1.91. The largest absolute Gasteiger partial charge is 0.199 e. The topological polar surface area (TPSA) is 23.8 Å². The maximum atomic E-state index is 7.32. The van der Waals surface area contributed by atoms with Crippen molar-refractivity contribution < 1.29 is 0 Å². The molecule has 0 heterocycles. The molecular weight excluding hydrogens is 262 g/mol. The van der Waals surface area contributed by atoms with Crippen LogP contribution in [-0.4, -0.2) is 5.33 Å². The Labute approximate surface area is 111 Å². The molecule has 0 radical (unpaired) electrons. The summed E-state index contributed by atoms with van der Waals surface area (Å²) < 4.78 is 0. The van der Waals surface area contributed by atoms with Gasteiger partial charge in [-0.3, -0.25) is 0 Å². The van der Waals surface area contributed by atoms with Crippen molar-refractivity contribution in [2.45, 2.75) is 78.1 Å². The quantitative estimate of drug-likeness (QED) is 0.366. The number of nitrogens with zero attached hydrogens (tertiary/aromatic N) is 1. The van der Waals surface area contributed by atoms with Gasteiger partial charge in [0.05, 0.1) is 6.07 Å². The smallest absolute Gasteiger partial charge is 0.0587 e. The molecule has 0 aliphatic carbocycles. The number of hydrogen-bond donors (Lipinski definition) is 0. The molecule has 0 saturated heterocycles. The van der Waals surface area contributed by atoms with Gasteiger partial charge in [0, 0.05) is 12.3 Å². The molecule has 0 atom stereocenters. The third-order valence-corrected chi connectivity index (χ3v) is 3.05. The zero-order valence-electron chi connectivity index (χ0n) is 11.1. The van der Waals surface area contributed by atoms with E-state index in [0.29, 0.717) is 0 Å². The summed E-state index contributed by atoms with van der Waals surface area (Å²) in [6.07, 6.45) is 14.3. The van der Waals surface area contributed by atoms with E-state index in [4.69, 9.17) is 5.26 Å². The number of halogens is 1. The SMILES string of the molecule is CC#N.CCCCCCCCCCCCBr. The second-order valence-electron chi connectivity index (χ2n) is 4.09. The zero-order valence-corrected chi connectivity index (χ0v) is 12.7. The van der Waals surface area contributed by atoms with Gasteiger partial charge < -0.3 is 0 Å². The minimum atomic E-state index is 1.18. The first-order valence-corrected chi connectivity index (χ1v) is 7.82. The van der Waals surface area contributed by atoms with Crippen LogP contribution in [0.25, 0.3) is 0 Å². The van der Waals surface area contributed by atoms with Crippen LogP contribution < -0.4 is 0 Å². The lowest BCUT2D eigenvalue weighted by molar-refractivity contribution is 0.563. The third kappa shape index (κ3) is 23.6. The molecule has 0 aliphatic heterocycles. The van der Waals surface area contributed by atoms with Gasteiger partial charge in [0.25, 0.3) is 0 Å². The van der Waals surface area contributed by atoms with Gasteiger partial charge in [0.2, 0.25) is 0 Å². The van der Waals surface area contributed by atoms with Crippen molar-refractivity contribution in [1.82, 2.24) is 0 Å². The zero-order chi connectivity index (χ0) is 12.5. The summed E-state index contributed by atoms with van der Waals surface area (Å²) in [6.45, 7) is 3.71. The van der Waals surface area contributed by atoms with Crippen LogP contribution in [0.1, 0.15) is 78.1 Å². The van der Waals surface area contributed by atoms with Gasteiger partial charge in [-0.1, -0.05) is 80.6 Å². The number of nitriles is 1. The van der Waals surface area contributed by atoms with E-state index in [1.165, 1.54) is 76.5 Å². The van der Waals surface area contributed by atoms with Crippen LogP contribution in [0.2, 0.25) is 0 Å². The average molecular weight is 290 g/mol. The van der Waals surface area contributed by atoms with Crippen molar-refractivity contribution in [3.05, 3.63) is 0 Å². The minimum Gasteiger partial charge on any atom is -0.199 e. The van der Waals surface area contributed by atoms with Crippen molar-refractivity contribution in [3.63, 3.8) is 0 Å². The molecule has 0 spiro atoms. The van der Waals surface area contributed by atoms with Gasteiger partial charge in [-0.2, -0.15) is 5.26 Å². The molecule has 0 bridgehead atoms. The normalized spacial score (nSPS) is 9.12. The Hall–Kier alpha value is -0.0300. The lowest BCUT2D eigenvalue weighted by atomic mass is 10.1. The first-order chi connectivity index (χ1) is 7.83. The van der Waals surface area contributed by atoms with Crippen LogP contribution in [0, 0.1) is 11.3 Å². The molecule has 1 nitrogen and oxygen atoms in total. The molecule has 2 heteroatoms. The van der Waals surface area contributed by atoms with E-state index in [1.807, 2.05) is 0 Å². The molecule has 0 rings (SSSR count). The Morgan fingerprint density at radius 1 is 0.812 bits per heavy atom. The lowest BCUT2D eigenvalue weighted by Gasteiger charge is -2.00. The predicted molar refractivity (Wildman–Crippen MR) is 76.9 cm³/mol. The Morgan fingerprint density at radius 2 is 1.12 bits per heavy atom. The van der Waals surface area contributed by atoms with Crippen LogP contribution in [0.5, 0.6) is 0 Å². The number of rotatable bonds is 10. The minimum absolute atomic E-state index is 1.18. The highest BCUT2D eigenvalue weighted by molar-refractivity contribution is 9.09. The van der Waals surface area contributed by atoms with Crippen molar-refractivity contribution in [3.8, 4) is 6.07 Å². The molecule has 0 aliphatic rings. The molecule has 0 aromatic carbocycles. The summed E-state index contributed by atoms with van der Waals surface area (Å²) in [5, 5.41) is 8.50. The van der Waals surface area contributed by atoms with Crippen molar-refractivity contribution in [2.75, 3.05) is 5.33 Å². The van der Waals surface area contributed by atoms with Crippen LogP contribution >= 0.6 is 15.9 Å². The third-order valence-electron chi connectivity index (χ3n) is 2.49. The Kier molecular flexibility index (Phi) is 23.4. The van der Waals surface area contributed by atoms with Crippen LogP contribution in [0.15, 0.2) is 0 Å². The summed E-state index contributed by atoms with van der Waals surface area (Å²) in [5.41, 5.74) is 0. The van der Waals surface area contributed by atoms with E-state index in [-0.39, 0.29) is 0 Å². The van der Waals surface area contributed by atoms with Crippen LogP contribution in [0.3, 0.4) is 0 Å². The summed E-state index contributed by atoms with van der Waals surface area (Å²) in [4.78, 5) is 0. The second-order valence-corrected chi connectivity index (χ2v) is 4.89. The molecule has 0 unspecified atom stereocenters. The highest BCUT2D eigenvalue weighted by atomic mass is 79.9. The fraction of sp³-hybridized carbons (Fsp3) is 0.929. The average Bonchev–Trinajstić information content (AvgIpc) is 2.28. The molecule has 0 aromatic rings. The molecule has 0 fully saturated rings. The molecule has 0 saturated carbocycles. The van der Waals surface area contributed by atoms with Gasteiger partial charge in [-0.15, -0.1) is 0 Å². The molecule has 0 amide bonds.